The average molecular weight is 366 g/mol. The van der Waals surface area contributed by atoms with Crippen molar-refractivity contribution in [3.8, 4) is 0 Å². The largest absolute Gasteiger partial charge is 0.350 e. The Hall–Kier alpha value is -3.04. The van der Waals surface area contributed by atoms with Crippen LogP contribution in [0.1, 0.15) is 45.0 Å². The van der Waals surface area contributed by atoms with Gasteiger partial charge in [0.1, 0.15) is 6.04 Å². The van der Waals surface area contributed by atoms with Gasteiger partial charge in [0.15, 0.2) is 0 Å². The second-order valence-electron chi connectivity index (χ2n) is 7.19. The summed E-state index contributed by atoms with van der Waals surface area (Å²) in [5.74, 6) is -1.49. The van der Waals surface area contributed by atoms with Crippen molar-refractivity contribution in [1.82, 2.24) is 10.6 Å². The van der Waals surface area contributed by atoms with Crippen LogP contribution in [0.25, 0.3) is 0 Å². The van der Waals surface area contributed by atoms with Crippen LogP contribution < -0.4 is 10.6 Å². The number of nitro groups is 2. The topological polar surface area (TPSA) is 144 Å². The van der Waals surface area contributed by atoms with Crippen molar-refractivity contribution >= 4 is 23.2 Å². The van der Waals surface area contributed by atoms with Crippen LogP contribution >= 0.6 is 0 Å². The van der Waals surface area contributed by atoms with E-state index in [1.807, 2.05) is 0 Å². The molecule has 0 aliphatic carbocycles. The SMILES string of the molecule is CC(C)[C@H](NC(=O)c1cc([N+](=O)[O-])cc([N+](=O)[O-])c1)C(=O)NC(C)(C)C. The molecule has 10 nitrogen and oxygen atoms in total. The molecule has 0 saturated heterocycles. The number of nitrogens with one attached hydrogen (secondary N) is 2. The predicted octanol–water partition coefficient (Wildman–Crippen LogP) is 2.17. The molecule has 0 aromatic heterocycles. The zero-order valence-corrected chi connectivity index (χ0v) is 15.2. The summed E-state index contributed by atoms with van der Waals surface area (Å²) in [5, 5.41) is 27.1. The van der Waals surface area contributed by atoms with E-state index in [-0.39, 0.29) is 11.5 Å². The van der Waals surface area contributed by atoms with Crippen molar-refractivity contribution in [2.45, 2.75) is 46.2 Å². The van der Waals surface area contributed by atoms with Gasteiger partial charge in [0, 0.05) is 17.7 Å². The Labute approximate surface area is 150 Å². The van der Waals surface area contributed by atoms with Crippen molar-refractivity contribution in [3.05, 3.63) is 44.0 Å². The molecule has 26 heavy (non-hydrogen) atoms. The highest BCUT2D eigenvalue weighted by atomic mass is 16.6. The fourth-order valence-electron chi connectivity index (χ4n) is 2.14. The minimum absolute atomic E-state index is 0.264. The Morgan fingerprint density at radius 2 is 1.46 bits per heavy atom. The van der Waals surface area contributed by atoms with Gasteiger partial charge >= 0.3 is 0 Å². The van der Waals surface area contributed by atoms with E-state index in [1.165, 1.54) is 0 Å². The van der Waals surface area contributed by atoms with Crippen LogP contribution in [0.15, 0.2) is 18.2 Å². The van der Waals surface area contributed by atoms with Crippen molar-refractivity contribution in [2.24, 2.45) is 5.92 Å². The minimum atomic E-state index is -0.903. The highest BCUT2D eigenvalue weighted by molar-refractivity contribution is 5.98. The standard InChI is InChI=1S/C16H22N4O6/c1-9(2)13(15(22)18-16(3,4)5)17-14(21)10-6-11(19(23)24)8-12(7-10)20(25)26/h6-9,13H,1-5H3,(H,17,21)(H,18,22)/t13-/m0/s1. The number of non-ortho nitro benzene ring substituents is 2. The van der Waals surface area contributed by atoms with Gasteiger partial charge in [0.05, 0.1) is 21.5 Å². The van der Waals surface area contributed by atoms with Gasteiger partial charge in [0.2, 0.25) is 5.91 Å². The van der Waals surface area contributed by atoms with Crippen LogP contribution in [-0.2, 0) is 4.79 Å². The lowest BCUT2D eigenvalue weighted by Crippen LogP contribution is -2.54. The van der Waals surface area contributed by atoms with Gasteiger partial charge in [-0.15, -0.1) is 0 Å². The minimum Gasteiger partial charge on any atom is -0.350 e. The molecule has 2 N–H and O–H groups in total. The van der Waals surface area contributed by atoms with Gasteiger partial charge in [-0.3, -0.25) is 29.8 Å². The second kappa shape index (κ2) is 7.89. The second-order valence-corrected chi connectivity index (χ2v) is 7.19. The summed E-state index contributed by atoms with van der Waals surface area (Å²) >= 11 is 0. The molecule has 0 heterocycles. The van der Waals surface area contributed by atoms with Gasteiger partial charge in [0.25, 0.3) is 17.3 Å². The number of nitrogens with zero attached hydrogens (tertiary/aromatic N) is 2. The molecule has 1 rings (SSSR count). The van der Waals surface area contributed by atoms with Gasteiger partial charge in [-0.05, 0) is 26.7 Å². The predicted molar refractivity (Wildman–Crippen MR) is 93.7 cm³/mol. The number of benzene rings is 1. The summed E-state index contributed by atoms with van der Waals surface area (Å²) in [4.78, 5) is 45.0. The van der Waals surface area contributed by atoms with E-state index in [0.717, 1.165) is 18.2 Å². The molecule has 0 aliphatic heterocycles. The first-order chi connectivity index (χ1) is 11.8. The summed E-state index contributed by atoms with van der Waals surface area (Å²) in [7, 11) is 0. The number of rotatable bonds is 6. The summed E-state index contributed by atoms with van der Waals surface area (Å²) in [6.45, 7) is 8.81. The molecule has 0 bridgehead atoms. The third-order valence-corrected chi connectivity index (χ3v) is 3.32. The number of carbonyl (C=O) groups is 2. The van der Waals surface area contributed by atoms with Gasteiger partial charge in [-0.2, -0.15) is 0 Å². The Kier molecular flexibility index (Phi) is 6.38. The summed E-state index contributed by atoms with van der Waals surface area (Å²) in [6.07, 6.45) is 0. The number of amides is 2. The lowest BCUT2D eigenvalue weighted by molar-refractivity contribution is -0.394. The number of hydrogen-bond acceptors (Lipinski definition) is 6. The van der Waals surface area contributed by atoms with Gasteiger partial charge in [-0.25, -0.2) is 0 Å². The molecule has 2 amide bonds. The first kappa shape index (κ1) is 21.0. The molecule has 0 spiro atoms. The Bertz CT molecular complexity index is 706. The maximum atomic E-state index is 12.4. The van der Waals surface area contributed by atoms with E-state index in [0.29, 0.717) is 0 Å². The van der Waals surface area contributed by atoms with E-state index < -0.39 is 44.6 Å². The van der Waals surface area contributed by atoms with Crippen LogP contribution in [0.3, 0.4) is 0 Å². The van der Waals surface area contributed by atoms with E-state index in [9.17, 15) is 29.8 Å². The van der Waals surface area contributed by atoms with Crippen LogP contribution in [-0.4, -0.2) is 33.2 Å². The molecule has 10 heteroatoms. The first-order valence-electron chi connectivity index (χ1n) is 7.88. The molecule has 0 unspecified atom stereocenters. The number of nitro benzene ring substituents is 2. The summed E-state index contributed by atoms with van der Waals surface area (Å²) < 4.78 is 0. The van der Waals surface area contributed by atoms with Crippen molar-refractivity contribution < 1.29 is 19.4 Å². The Balaban J connectivity index is 3.15. The zero-order valence-electron chi connectivity index (χ0n) is 15.2. The molecule has 1 aromatic rings. The maximum Gasteiger partial charge on any atom is 0.277 e. The fourth-order valence-corrected chi connectivity index (χ4v) is 2.14. The lowest BCUT2D eigenvalue weighted by Gasteiger charge is -2.27. The molecule has 0 saturated carbocycles. The quantitative estimate of drug-likeness (QED) is 0.583. The third kappa shape index (κ3) is 5.80. The maximum absolute atomic E-state index is 12.4. The number of hydrogen-bond donors (Lipinski definition) is 2. The zero-order chi connectivity index (χ0) is 20.2. The van der Waals surface area contributed by atoms with Gasteiger partial charge < -0.3 is 10.6 Å². The summed E-state index contributed by atoms with van der Waals surface area (Å²) in [5.41, 5.74) is -1.94. The number of carbonyl (C=O) groups excluding carboxylic acids is 2. The first-order valence-corrected chi connectivity index (χ1v) is 7.88. The summed E-state index contributed by atoms with van der Waals surface area (Å²) in [6, 6.07) is 1.73. The molecule has 0 aliphatic rings. The average Bonchev–Trinajstić information content (AvgIpc) is 2.49. The van der Waals surface area contributed by atoms with E-state index in [1.54, 1.807) is 34.6 Å². The van der Waals surface area contributed by atoms with Crippen LogP contribution in [0.5, 0.6) is 0 Å². The Morgan fingerprint density at radius 3 is 1.81 bits per heavy atom. The smallest absolute Gasteiger partial charge is 0.277 e. The van der Waals surface area contributed by atoms with Crippen molar-refractivity contribution in [3.63, 3.8) is 0 Å². The fraction of sp³-hybridized carbons (Fsp3) is 0.500. The Morgan fingerprint density at radius 1 is 1.00 bits per heavy atom. The molecular formula is C16H22N4O6. The third-order valence-electron chi connectivity index (χ3n) is 3.32. The normalized spacial score (nSPS) is 12.4. The highest BCUT2D eigenvalue weighted by Gasteiger charge is 2.28. The van der Waals surface area contributed by atoms with E-state index >= 15 is 0 Å². The molecule has 0 radical (unpaired) electrons. The van der Waals surface area contributed by atoms with E-state index in [4.69, 9.17) is 0 Å². The monoisotopic (exact) mass is 366 g/mol. The van der Waals surface area contributed by atoms with Crippen LogP contribution in [0.2, 0.25) is 0 Å². The van der Waals surface area contributed by atoms with E-state index in [2.05, 4.69) is 10.6 Å². The highest BCUT2D eigenvalue weighted by Crippen LogP contribution is 2.23. The molecular weight excluding hydrogens is 344 g/mol. The van der Waals surface area contributed by atoms with Crippen LogP contribution in [0.4, 0.5) is 11.4 Å². The molecule has 1 atom stereocenters. The van der Waals surface area contributed by atoms with Crippen LogP contribution in [0, 0.1) is 26.1 Å². The molecule has 1 aromatic carbocycles. The molecule has 142 valence electrons. The van der Waals surface area contributed by atoms with Crippen molar-refractivity contribution in [1.29, 1.82) is 0 Å². The molecule has 0 fully saturated rings. The lowest BCUT2D eigenvalue weighted by atomic mass is 10.0. The van der Waals surface area contributed by atoms with Gasteiger partial charge in [-0.1, -0.05) is 13.8 Å². The van der Waals surface area contributed by atoms with Crippen molar-refractivity contribution in [2.75, 3.05) is 0 Å².